The maximum absolute atomic E-state index is 5.55. The average molecular weight is 275 g/mol. The molecule has 1 saturated heterocycles. The Hall–Kier alpha value is -0.0300. The Morgan fingerprint density at radius 1 is 1.29 bits per heavy atom. The summed E-state index contributed by atoms with van der Waals surface area (Å²) >= 11 is 5.20. The van der Waals surface area contributed by atoms with Crippen molar-refractivity contribution < 1.29 is 9.47 Å². The van der Waals surface area contributed by atoms with Crippen LogP contribution in [-0.4, -0.2) is 25.3 Å². The highest BCUT2D eigenvalue weighted by atomic mass is 79.9. The molecule has 0 radical (unpaired) electrons. The van der Waals surface area contributed by atoms with Gasteiger partial charge in [0.2, 0.25) is 0 Å². The van der Waals surface area contributed by atoms with E-state index in [0.717, 1.165) is 4.47 Å². The Balaban J connectivity index is 1.99. The molecular formula is C10H11BrO2S. The van der Waals surface area contributed by atoms with Gasteiger partial charge in [0.05, 0.1) is 19.8 Å². The van der Waals surface area contributed by atoms with Gasteiger partial charge in [-0.15, -0.1) is 0 Å². The number of hydrogen-bond acceptors (Lipinski definition) is 3. The third-order valence-electron chi connectivity index (χ3n) is 1.88. The van der Waals surface area contributed by atoms with Crippen LogP contribution in [0, 0.1) is 0 Å². The number of ether oxygens (including phenoxy) is 2. The Bertz CT molecular complexity index is 300. The molecule has 2 rings (SSSR count). The van der Waals surface area contributed by atoms with Crippen molar-refractivity contribution in [2.24, 2.45) is 0 Å². The van der Waals surface area contributed by atoms with Gasteiger partial charge in [-0.1, -0.05) is 23.9 Å². The van der Waals surface area contributed by atoms with E-state index >= 15 is 0 Å². The van der Waals surface area contributed by atoms with Gasteiger partial charge in [-0.05, 0) is 28.1 Å². The van der Waals surface area contributed by atoms with Crippen LogP contribution >= 0.6 is 27.7 Å². The number of halogens is 1. The minimum absolute atomic E-state index is 0.127. The third-order valence-corrected chi connectivity index (χ3v) is 3.98. The van der Waals surface area contributed by atoms with E-state index in [2.05, 4.69) is 22.0 Å². The van der Waals surface area contributed by atoms with E-state index in [-0.39, 0.29) is 5.44 Å². The fraction of sp³-hybridized carbons (Fsp3) is 0.400. The second kappa shape index (κ2) is 5.16. The van der Waals surface area contributed by atoms with E-state index in [0.29, 0.717) is 19.8 Å². The zero-order valence-corrected chi connectivity index (χ0v) is 10.0. The van der Waals surface area contributed by atoms with Crippen LogP contribution in [0.2, 0.25) is 0 Å². The molecular weight excluding hydrogens is 264 g/mol. The van der Waals surface area contributed by atoms with E-state index in [9.17, 15) is 0 Å². The van der Waals surface area contributed by atoms with Crippen LogP contribution in [0.5, 0.6) is 0 Å². The van der Waals surface area contributed by atoms with Crippen molar-refractivity contribution in [2.75, 3.05) is 19.8 Å². The van der Waals surface area contributed by atoms with Gasteiger partial charge < -0.3 is 9.47 Å². The van der Waals surface area contributed by atoms with Gasteiger partial charge in [0.15, 0.2) is 0 Å². The molecule has 0 amide bonds. The quantitative estimate of drug-likeness (QED) is 0.826. The monoisotopic (exact) mass is 274 g/mol. The molecule has 1 aliphatic rings. The maximum Gasteiger partial charge on any atom is 0.131 e. The van der Waals surface area contributed by atoms with E-state index < -0.39 is 0 Å². The van der Waals surface area contributed by atoms with E-state index in [1.54, 1.807) is 11.8 Å². The molecule has 0 aromatic heterocycles. The summed E-state index contributed by atoms with van der Waals surface area (Å²) in [4.78, 5) is 1.20. The molecule has 0 N–H and O–H groups in total. The minimum atomic E-state index is 0.127. The van der Waals surface area contributed by atoms with E-state index in [1.807, 2.05) is 18.2 Å². The lowest BCUT2D eigenvalue weighted by molar-refractivity contribution is -0.0498. The highest BCUT2D eigenvalue weighted by Crippen LogP contribution is 2.31. The summed E-state index contributed by atoms with van der Waals surface area (Å²) < 4.78 is 12.0. The van der Waals surface area contributed by atoms with Crippen molar-refractivity contribution in [3.63, 3.8) is 0 Å². The normalized spacial score (nSPS) is 22.2. The molecule has 1 atom stereocenters. The fourth-order valence-corrected chi connectivity index (χ4v) is 2.73. The molecule has 1 fully saturated rings. The van der Waals surface area contributed by atoms with Crippen LogP contribution in [0.1, 0.15) is 0 Å². The van der Waals surface area contributed by atoms with Crippen molar-refractivity contribution >= 4 is 27.7 Å². The predicted molar refractivity (Wildman–Crippen MR) is 60.6 cm³/mol. The first-order valence-corrected chi connectivity index (χ1v) is 6.14. The van der Waals surface area contributed by atoms with Crippen LogP contribution in [-0.2, 0) is 9.47 Å². The number of thioether (sulfide) groups is 1. The highest BCUT2D eigenvalue weighted by molar-refractivity contribution is 9.10. The molecule has 4 heteroatoms. The molecule has 1 aliphatic heterocycles. The number of rotatable bonds is 2. The summed E-state index contributed by atoms with van der Waals surface area (Å²) in [6.07, 6.45) is 0. The van der Waals surface area contributed by atoms with Gasteiger partial charge in [-0.2, -0.15) is 0 Å². The lowest BCUT2D eigenvalue weighted by atomic mass is 10.4. The molecule has 1 aromatic carbocycles. The lowest BCUT2D eigenvalue weighted by Gasteiger charge is -2.22. The molecule has 1 heterocycles. The fourth-order valence-electron chi connectivity index (χ4n) is 1.22. The van der Waals surface area contributed by atoms with Crippen molar-refractivity contribution in [3.05, 3.63) is 28.7 Å². The van der Waals surface area contributed by atoms with E-state index in [1.165, 1.54) is 4.90 Å². The summed E-state index contributed by atoms with van der Waals surface area (Å²) in [6.45, 7) is 2.08. The smallest absolute Gasteiger partial charge is 0.131 e. The Morgan fingerprint density at radius 2 is 2.14 bits per heavy atom. The summed E-state index contributed by atoms with van der Waals surface area (Å²) in [5.74, 6) is 0. The van der Waals surface area contributed by atoms with Gasteiger partial charge in [0.25, 0.3) is 0 Å². The standard InChI is InChI=1S/C10H11BrO2S/c11-8-3-1-2-4-9(8)14-10-7-12-5-6-13-10/h1-4,10H,5-7H2. The molecule has 14 heavy (non-hydrogen) atoms. The number of benzene rings is 1. The second-order valence-electron chi connectivity index (χ2n) is 2.92. The van der Waals surface area contributed by atoms with Crippen molar-refractivity contribution in [1.82, 2.24) is 0 Å². The first kappa shape index (κ1) is 10.5. The Morgan fingerprint density at radius 3 is 2.86 bits per heavy atom. The van der Waals surface area contributed by atoms with Crippen LogP contribution in [0.3, 0.4) is 0 Å². The lowest BCUT2D eigenvalue weighted by Crippen LogP contribution is -2.25. The first-order chi connectivity index (χ1) is 6.86. The van der Waals surface area contributed by atoms with Gasteiger partial charge >= 0.3 is 0 Å². The van der Waals surface area contributed by atoms with Gasteiger partial charge in [-0.25, -0.2) is 0 Å². The largest absolute Gasteiger partial charge is 0.375 e. The summed E-state index contributed by atoms with van der Waals surface area (Å²) in [7, 11) is 0. The summed E-state index contributed by atoms with van der Waals surface area (Å²) in [5.41, 5.74) is 0.127. The summed E-state index contributed by atoms with van der Waals surface area (Å²) in [5, 5.41) is 0. The van der Waals surface area contributed by atoms with E-state index in [4.69, 9.17) is 9.47 Å². The molecule has 1 aromatic rings. The molecule has 0 bridgehead atoms. The first-order valence-electron chi connectivity index (χ1n) is 4.47. The van der Waals surface area contributed by atoms with Gasteiger partial charge in [0, 0.05) is 9.37 Å². The second-order valence-corrected chi connectivity index (χ2v) is 4.98. The zero-order valence-electron chi connectivity index (χ0n) is 7.61. The molecule has 2 nitrogen and oxygen atoms in total. The van der Waals surface area contributed by atoms with Crippen molar-refractivity contribution in [1.29, 1.82) is 0 Å². The highest BCUT2D eigenvalue weighted by Gasteiger charge is 2.16. The number of hydrogen-bond donors (Lipinski definition) is 0. The van der Waals surface area contributed by atoms with Gasteiger partial charge in [-0.3, -0.25) is 0 Å². The molecule has 0 aliphatic carbocycles. The van der Waals surface area contributed by atoms with Crippen molar-refractivity contribution in [2.45, 2.75) is 10.3 Å². The molecule has 76 valence electrons. The zero-order chi connectivity index (χ0) is 9.80. The minimum Gasteiger partial charge on any atom is -0.375 e. The van der Waals surface area contributed by atoms with Crippen LogP contribution in [0.25, 0.3) is 0 Å². The van der Waals surface area contributed by atoms with Crippen LogP contribution < -0.4 is 0 Å². The van der Waals surface area contributed by atoms with Crippen molar-refractivity contribution in [3.8, 4) is 0 Å². The third kappa shape index (κ3) is 2.73. The SMILES string of the molecule is Brc1ccccc1SC1COCCO1. The molecule has 0 spiro atoms. The topological polar surface area (TPSA) is 18.5 Å². The Labute approximate surface area is 96.1 Å². The average Bonchev–Trinajstić information content (AvgIpc) is 2.23. The summed E-state index contributed by atoms with van der Waals surface area (Å²) in [6, 6.07) is 8.14. The maximum atomic E-state index is 5.55. The Kier molecular flexibility index (Phi) is 3.87. The van der Waals surface area contributed by atoms with Crippen LogP contribution in [0.15, 0.2) is 33.6 Å². The predicted octanol–water partition coefficient (Wildman–Crippen LogP) is 2.91. The van der Waals surface area contributed by atoms with Gasteiger partial charge in [0.1, 0.15) is 5.44 Å². The molecule has 1 unspecified atom stereocenters. The van der Waals surface area contributed by atoms with Crippen LogP contribution in [0.4, 0.5) is 0 Å². The molecule has 0 saturated carbocycles.